The molecule has 1 saturated heterocycles. The third-order valence-electron chi connectivity index (χ3n) is 4.27. The van der Waals surface area contributed by atoms with Crippen LogP contribution in [0.15, 0.2) is 36.5 Å². The first kappa shape index (κ1) is 14.8. The summed E-state index contributed by atoms with van der Waals surface area (Å²) >= 11 is 0. The van der Waals surface area contributed by atoms with Gasteiger partial charge < -0.3 is 10.0 Å². The van der Waals surface area contributed by atoms with Gasteiger partial charge in [0.15, 0.2) is 0 Å². The monoisotopic (exact) mass is 299 g/mol. The molecule has 3 rings (SSSR count). The number of nitrogens with zero attached hydrogens (tertiary/aromatic N) is 3. The van der Waals surface area contributed by atoms with Crippen LogP contribution in [-0.2, 0) is 6.42 Å². The summed E-state index contributed by atoms with van der Waals surface area (Å²) in [5, 5.41) is 13.6. The molecular weight excluding hydrogens is 278 g/mol. The number of rotatable bonds is 4. The Balaban J connectivity index is 1.89. The number of aliphatic hydroxyl groups is 1. The molecule has 0 bridgehead atoms. The molecule has 2 aromatic rings. The van der Waals surface area contributed by atoms with Crippen LogP contribution in [0.4, 0.5) is 0 Å². The van der Waals surface area contributed by atoms with Crippen LogP contribution in [0, 0.1) is 5.92 Å². The fraction of sp³-hybridized carbons (Fsp3) is 0.412. The van der Waals surface area contributed by atoms with E-state index in [2.05, 4.69) is 5.10 Å². The Kier molecular flexibility index (Phi) is 4.24. The minimum Gasteiger partial charge on any atom is -0.396 e. The van der Waals surface area contributed by atoms with Crippen molar-refractivity contribution in [3.05, 3.63) is 47.8 Å². The van der Waals surface area contributed by atoms with Crippen LogP contribution >= 0.6 is 0 Å². The summed E-state index contributed by atoms with van der Waals surface area (Å²) in [6.45, 7) is 3.53. The number of carbonyl (C=O) groups is 1. The van der Waals surface area contributed by atoms with E-state index in [1.807, 2.05) is 46.8 Å². The highest BCUT2D eigenvalue weighted by atomic mass is 16.3. The second kappa shape index (κ2) is 6.32. The normalized spacial score (nSPS) is 17.9. The predicted molar refractivity (Wildman–Crippen MR) is 84.0 cm³/mol. The van der Waals surface area contributed by atoms with Crippen molar-refractivity contribution in [2.24, 2.45) is 5.92 Å². The van der Waals surface area contributed by atoms with Crippen LogP contribution in [0.1, 0.15) is 29.4 Å². The van der Waals surface area contributed by atoms with Crippen molar-refractivity contribution in [3.63, 3.8) is 0 Å². The quantitative estimate of drug-likeness (QED) is 0.938. The third kappa shape index (κ3) is 2.64. The molecule has 0 saturated carbocycles. The summed E-state index contributed by atoms with van der Waals surface area (Å²) in [6.07, 6.45) is 3.28. The SMILES string of the molecule is CCc1c(C(=O)N2CCC(CO)C2)cnn1-c1ccccc1. The highest BCUT2D eigenvalue weighted by Crippen LogP contribution is 2.22. The average Bonchev–Trinajstić information content (AvgIpc) is 3.21. The smallest absolute Gasteiger partial charge is 0.257 e. The van der Waals surface area contributed by atoms with Crippen LogP contribution in [-0.4, -0.2) is 45.4 Å². The Morgan fingerprint density at radius 3 is 2.77 bits per heavy atom. The molecule has 1 fully saturated rings. The third-order valence-corrected chi connectivity index (χ3v) is 4.27. The van der Waals surface area contributed by atoms with Crippen molar-refractivity contribution in [1.29, 1.82) is 0 Å². The van der Waals surface area contributed by atoms with E-state index in [4.69, 9.17) is 0 Å². The van der Waals surface area contributed by atoms with Crippen molar-refractivity contribution in [2.45, 2.75) is 19.8 Å². The Hall–Kier alpha value is -2.14. The van der Waals surface area contributed by atoms with E-state index in [-0.39, 0.29) is 18.4 Å². The molecule has 22 heavy (non-hydrogen) atoms. The number of aromatic nitrogens is 2. The zero-order valence-corrected chi connectivity index (χ0v) is 12.8. The van der Waals surface area contributed by atoms with Crippen molar-refractivity contribution < 1.29 is 9.90 Å². The second-order valence-electron chi connectivity index (χ2n) is 5.69. The lowest BCUT2D eigenvalue weighted by molar-refractivity contribution is 0.0781. The van der Waals surface area contributed by atoms with E-state index in [0.717, 1.165) is 24.2 Å². The number of hydrogen-bond acceptors (Lipinski definition) is 3. The topological polar surface area (TPSA) is 58.4 Å². The van der Waals surface area contributed by atoms with Gasteiger partial charge in [-0.15, -0.1) is 0 Å². The van der Waals surface area contributed by atoms with Crippen molar-refractivity contribution in [2.75, 3.05) is 19.7 Å². The van der Waals surface area contributed by atoms with Crippen LogP contribution in [0.2, 0.25) is 0 Å². The van der Waals surface area contributed by atoms with Gasteiger partial charge in [0.05, 0.1) is 23.1 Å². The number of benzene rings is 1. The lowest BCUT2D eigenvalue weighted by Gasteiger charge is -2.16. The molecule has 116 valence electrons. The van der Waals surface area contributed by atoms with E-state index in [0.29, 0.717) is 18.7 Å². The molecular formula is C17H21N3O2. The van der Waals surface area contributed by atoms with Crippen LogP contribution in [0.25, 0.3) is 5.69 Å². The summed E-state index contributed by atoms with van der Waals surface area (Å²) < 4.78 is 1.84. The summed E-state index contributed by atoms with van der Waals surface area (Å²) in [7, 11) is 0. The van der Waals surface area contributed by atoms with Gasteiger partial charge in [-0.25, -0.2) is 4.68 Å². The van der Waals surface area contributed by atoms with Gasteiger partial charge in [-0.3, -0.25) is 4.79 Å². The van der Waals surface area contributed by atoms with Crippen LogP contribution < -0.4 is 0 Å². The van der Waals surface area contributed by atoms with Gasteiger partial charge in [0.25, 0.3) is 5.91 Å². The standard InChI is InChI=1S/C17H21N3O2/c1-2-16-15(17(22)19-9-8-13(11-19)12-21)10-18-20(16)14-6-4-3-5-7-14/h3-7,10,13,21H,2,8-9,11-12H2,1H3. The zero-order chi connectivity index (χ0) is 15.5. The van der Waals surface area contributed by atoms with Gasteiger partial charge >= 0.3 is 0 Å². The molecule has 1 aromatic heterocycles. The first-order valence-electron chi connectivity index (χ1n) is 7.77. The van der Waals surface area contributed by atoms with E-state index < -0.39 is 0 Å². The summed E-state index contributed by atoms with van der Waals surface area (Å²) in [4.78, 5) is 14.5. The number of amides is 1. The molecule has 1 unspecified atom stereocenters. The Morgan fingerprint density at radius 2 is 2.14 bits per heavy atom. The molecule has 1 amide bonds. The highest BCUT2D eigenvalue weighted by molar-refractivity contribution is 5.95. The lowest BCUT2D eigenvalue weighted by Crippen LogP contribution is -2.29. The number of para-hydroxylation sites is 1. The summed E-state index contributed by atoms with van der Waals surface area (Å²) in [6, 6.07) is 9.86. The molecule has 5 nitrogen and oxygen atoms in total. The average molecular weight is 299 g/mol. The van der Waals surface area contributed by atoms with Gasteiger partial charge in [0, 0.05) is 25.6 Å². The van der Waals surface area contributed by atoms with Gasteiger partial charge in [-0.2, -0.15) is 5.10 Å². The van der Waals surface area contributed by atoms with Crippen LogP contribution in [0.5, 0.6) is 0 Å². The fourth-order valence-electron chi connectivity index (χ4n) is 3.02. The minimum absolute atomic E-state index is 0.0231. The number of carbonyl (C=O) groups excluding carboxylic acids is 1. The fourth-order valence-corrected chi connectivity index (χ4v) is 3.02. The van der Waals surface area contributed by atoms with E-state index in [9.17, 15) is 9.90 Å². The summed E-state index contributed by atoms with van der Waals surface area (Å²) in [5.74, 6) is 0.230. The van der Waals surface area contributed by atoms with Crippen LogP contribution in [0.3, 0.4) is 0 Å². The maximum absolute atomic E-state index is 12.7. The largest absolute Gasteiger partial charge is 0.396 e. The van der Waals surface area contributed by atoms with Gasteiger partial charge in [0.2, 0.25) is 0 Å². The number of likely N-dealkylation sites (tertiary alicyclic amines) is 1. The van der Waals surface area contributed by atoms with E-state index in [1.165, 1.54) is 0 Å². The highest BCUT2D eigenvalue weighted by Gasteiger charge is 2.29. The van der Waals surface area contributed by atoms with Gasteiger partial charge in [0.1, 0.15) is 0 Å². The molecule has 1 aromatic carbocycles. The first-order valence-corrected chi connectivity index (χ1v) is 7.77. The zero-order valence-electron chi connectivity index (χ0n) is 12.8. The van der Waals surface area contributed by atoms with E-state index in [1.54, 1.807) is 6.20 Å². The maximum atomic E-state index is 12.7. The van der Waals surface area contributed by atoms with Crippen molar-refractivity contribution in [3.8, 4) is 5.69 Å². The molecule has 1 N–H and O–H groups in total. The minimum atomic E-state index is 0.0231. The Morgan fingerprint density at radius 1 is 1.36 bits per heavy atom. The Bertz CT molecular complexity index is 651. The second-order valence-corrected chi connectivity index (χ2v) is 5.69. The lowest BCUT2D eigenvalue weighted by atomic mass is 10.1. The number of hydrogen-bond donors (Lipinski definition) is 1. The number of aliphatic hydroxyl groups excluding tert-OH is 1. The van der Waals surface area contributed by atoms with Crippen molar-refractivity contribution >= 4 is 5.91 Å². The molecule has 0 aliphatic carbocycles. The molecule has 0 radical (unpaired) electrons. The maximum Gasteiger partial charge on any atom is 0.257 e. The van der Waals surface area contributed by atoms with Gasteiger partial charge in [-0.05, 0) is 25.0 Å². The molecule has 1 atom stereocenters. The molecule has 2 heterocycles. The van der Waals surface area contributed by atoms with Gasteiger partial charge in [-0.1, -0.05) is 25.1 Å². The molecule has 5 heteroatoms. The summed E-state index contributed by atoms with van der Waals surface area (Å²) in [5.41, 5.74) is 2.57. The van der Waals surface area contributed by atoms with Crippen molar-refractivity contribution in [1.82, 2.24) is 14.7 Å². The molecule has 0 spiro atoms. The Labute approximate surface area is 130 Å². The predicted octanol–water partition coefficient (Wildman–Crippen LogP) is 1.89. The van der Waals surface area contributed by atoms with E-state index >= 15 is 0 Å². The first-order chi connectivity index (χ1) is 10.7. The molecule has 1 aliphatic rings. The molecule has 1 aliphatic heterocycles.